The third kappa shape index (κ3) is 11.8. The first kappa shape index (κ1) is 51.0. The number of benzene rings is 4. The summed E-state index contributed by atoms with van der Waals surface area (Å²) in [6.07, 6.45) is 6.37. The first-order valence-electron chi connectivity index (χ1n) is 23.6. The third-order valence-corrected chi connectivity index (χ3v) is 12.4. The molecule has 2 aliphatic rings. The van der Waals surface area contributed by atoms with Crippen molar-refractivity contribution in [2.24, 2.45) is 28.2 Å². The number of aliphatic hydroxyl groups is 1. The van der Waals surface area contributed by atoms with E-state index in [0.29, 0.717) is 13.1 Å². The van der Waals surface area contributed by atoms with Gasteiger partial charge in [-0.1, -0.05) is 31.7 Å². The molecule has 6 heterocycles. The van der Waals surface area contributed by atoms with E-state index in [2.05, 4.69) is 67.0 Å². The number of piperazine rings is 2. The quantitative estimate of drug-likeness (QED) is 0.171. The van der Waals surface area contributed by atoms with Crippen LogP contribution in [0.3, 0.4) is 0 Å². The molecule has 2 aliphatic heterocycles. The molecule has 17 nitrogen and oxygen atoms in total. The minimum Gasteiger partial charge on any atom is -0.444 e. The number of carbonyl (C=O) groups is 2. The molecule has 0 spiro atoms. The number of ether oxygens (including phenoxy) is 2. The second kappa shape index (κ2) is 21.0. The molecule has 17 heteroatoms. The Bertz CT molecular complexity index is 2910. The van der Waals surface area contributed by atoms with Crippen molar-refractivity contribution >= 4 is 55.8 Å². The van der Waals surface area contributed by atoms with Crippen molar-refractivity contribution in [3.63, 3.8) is 0 Å². The second-order valence-electron chi connectivity index (χ2n) is 19.9. The number of carbonyl (C=O) groups excluding carboxylic acids is 2. The molecule has 0 aliphatic carbocycles. The summed E-state index contributed by atoms with van der Waals surface area (Å²) in [7, 11) is 7.75. The van der Waals surface area contributed by atoms with E-state index in [0.717, 1.165) is 94.0 Å². The molecule has 0 unspecified atom stereocenters. The number of nitrogens with one attached hydrogen (secondary N) is 1. The highest BCUT2D eigenvalue weighted by molar-refractivity contribution is 5.82. The van der Waals surface area contributed by atoms with E-state index in [1.165, 1.54) is 11.1 Å². The summed E-state index contributed by atoms with van der Waals surface area (Å²) >= 11 is 0. The molecule has 4 aromatic heterocycles. The van der Waals surface area contributed by atoms with Gasteiger partial charge in [0.15, 0.2) is 0 Å². The van der Waals surface area contributed by atoms with Crippen molar-refractivity contribution in [2.45, 2.75) is 72.3 Å². The number of aromatic nitrogens is 8. The number of hydrogen-bond acceptors (Lipinski definition) is 11. The second-order valence-corrected chi connectivity index (χ2v) is 19.9. The lowest BCUT2D eigenvalue weighted by Gasteiger charge is -2.40. The highest BCUT2D eigenvalue weighted by atomic mass is 16.6. The fraction of sp³-hybridized carbons (Fsp3) is 0.434. The Labute approximate surface area is 410 Å². The fourth-order valence-corrected chi connectivity index (χ4v) is 8.88. The normalized spacial score (nSPS) is 14.7. The number of nitrogens with zero attached hydrogens (tertiary/aromatic N) is 11. The summed E-state index contributed by atoms with van der Waals surface area (Å²) in [5.41, 5.74) is 7.62. The zero-order valence-corrected chi connectivity index (χ0v) is 41.5. The molecule has 4 aromatic carbocycles. The van der Waals surface area contributed by atoms with Crippen LogP contribution >= 0.6 is 0 Å². The SMILES string of the molecule is C.CC(C)(C)OC(=O)N1CCNCC1.Cn1ncc2cc(C(O)c3ccc4c(cnn4C)c3)ccc21.Cn1ncc2cc(C(c3ccc4c(cnn4C)c3)N3CCN(C(=O)OC(C)(C)C)CC3)ccc21. The van der Waals surface area contributed by atoms with Gasteiger partial charge in [0, 0.05) is 102 Å². The average molecular weight is 955 g/mol. The Morgan fingerprint density at radius 3 is 1.17 bits per heavy atom. The van der Waals surface area contributed by atoms with Gasteiger partial charge in [-0.3, -0.25) is 23.6 Å². The van der Waals surface area contributed by atoms with Gasteiger partial charge in [0.1, 0.15) is 17.3 Å². The van der Waals surface area contributed by atoms with Gasteiger partial charge < -0.3 is 29.7 Å². The van der Waals surface area contributed by atoms with Crippen LogP contribution in [0.1, 0.15) is 83.4 Å². The molecule has 2 amide bonds. The Hall–Kier alpha value is -6.82. The van der Waals surface area contributed by atoms with Crippen LogP contribution in [0.2, 0.25) is 0 Å². The minimum atomic E-state index is -0.658. The summed E-state index contributed by atoms with van der Waals surface area (Å²) in [4.78, 5) is 30.1. The smallest absolute Gasteiger partial charge is 0.410 e. The standard InChI is InChI=1S/C26H32N6O2.C17H16N4O.C9H18N2O2.CH4/c1-26(2,3)34-25(33)32-12-10-31(11-13-32)24(18-6-8-22-20(14-18)16-27-29(22)4)19-7-9-23-21(15-19)17-28-30(23)5;1-20-15-5-3-11(7-13(15)9-18-20)17(22)12-4-6-16-14(8-12)10-19-21(16)2;1-9(2,3)13-8(12)11-6-4-10-5-7-11;/h6-9,14-17,24H,10-13H2,1-5H3;3-10,17,22H,1-2H3;10H,4-7H2,1-3H3;1H4. The maximum Gasteiger partial charge on any atom is 0.410 e. The average Bonchev–Trinajstić information content (AvgIpc) is 4.10. The van der Waals surface area contributed by atoms with Crippen molar-refractivity contribution in [1.82, 2.24) is 59.1 Å². The van der Waals surface area contributed by atoms with E-state index in [1.54, 1.807) is 4.90 Å². The van der Waals surface area contributed by atoms with E-state index in [-0.39, 0.29) is 31.3 Å². The van der Waals surface area contributed by atoms with Gasteiger partial charge in [-0.05, 0) is 112 Å². The zero-order valence-electron chi connectivity index (χ0n) is 41.5. The first-order chi connectivity index (χ1) is 32.8. The maximum absolute atomic E-state index is 12.6. The maximum atomic E-state index is 12.6. The summed E-state index contributed by atoms with van der Waals surface area (Å²) in [5.74, 6) is 0. The van der Waals surface area contributed by atoms with Crippen LogP contribution in [0.15, 0.2) is 97.6 Å². The van der Waals surface area contributed by atoms with Gasteiger partial charge in [-0.25, -0.2) is 9.59 Å². The number of rotatable bonds is 5. The Morgan fingerprint density at radius 2 is 0.829 bits per heavy atom. The van der Waals surface area contributed by atoms with E-state index >= 15 is 0 Å². The first-order valence-corrected chi connectivity index (χ1v) is 23.6. The number of fused-ring (bicyclic) bond motifs is 4. The lowest BCUT2D eigenvalue weighted by atomic mass is 9.94. The molecule has 2 fully saturated rings. The topological polar surface area (TPSA) is 166 Å². The highest BCUT2D eigenvalue weighted by Gasteiger charge is 2.31. The molecule has 0 bridgehead atoms. The predicted molar refractivity (Wildman–Crippen MR) is 276 cm³/mol. The fourth-order valence-electron chi connectivity index (χ4n) is 8.88. The summed E-state index contributed by atoms with van der Waals surface area (Å²) in [5, 5.41) is 35.5. The van der Waals surface area contributed by atoms with Gasteiger partial charge in [0.2, 0.25) is 0 Å². The molecule has 10 rings (SSSR count). The Morgan fingerprint density at radius 1 is 0.514 bits per heavy atom. The predicted octanol–water partition coefficient (Wildman–Crippen LogP) is 8.11. The molecule has 0 saturated carbocycles. The number of aryl methyl sites for hydroxylation is 4. The zero-order chi connectivity index (χ0) is 49.2. The molecule has 372 valence electrons. The van der Waals surface area contributed by atoms with Crippen LogP contribution in [0.25, 0.3) is 43.6 Å². The summed E-state index contributed by atoms with van der Waals surface area (Å²) in [6.45, 7) is 17.4. The van der Waals surface area contributed by atoms with Crippen molar-refractivity contribution in [3.05, 3.63) is 120 Å². The van der Waals surface area contributed by atoms with E-state index in [1.807, 2.05) is 155 Å². The Kier molecular flexibility index (Phi) is 15.3. The lowest BCUT2D eigenvalue weighted by Crippen LogP contribution is -2.51. The van der Waals surface area contributed by atoms with Gasteiger partial charge in [-0.15, -0.1) is 0 Å². The van der Waals surface area contributed by atoms with Gasteiger partial charge in [-0.2, -0.15) is 20.4 Å². The van der Waals surface area contributed by atoms with E-state index < -0.39 is 11.7 Å². The van der Waals surface area contributed by atoms with E-state index in [9.17, 15) is 14.7 Å². The van der Waals surface area contributed by atoms with Crippen LogP contribution in [-0.2, 0) is 37.7 Å². The van der Waals surface area contributed by atoms with Gasteiger partial charge in [0.05, 0.1) is 52.9 Å². The van der Waals surface area contributed by atoms with E-state index in [4.69, 9.17) is 9.47 Å². The molecule has 8 aromatic rings. The molecule has 70 heavy (non-hydrogen) atoms. The minimum absolute atomic E-state index is 0. The molecular weight excluding hydrogens is 885 g/mol. The van der Waals surface area contributed by atoms with Crippen LogP contribution < -0.4 is 5.32 Å². The lowest BCUT2D eigenvalue weighted by molar-refractivity contribution is 0.0118. The highest BCUT2D eigenvalue weighted by Crippen LogP contribution is 2.34. The van der Waals surface area contributed by atoms with Gasteiger partial charge >= 0.3 is 12.2 Å². The monoisotopic (exact) mass is 955 g/mol. The third-order valence-electron chi connectivity index (χ3n) is 12.4. The number of aliphatic hydroxyl groups excluding tert-OH is 1. The number of amides is 2. The van der Waals surface area contributed by atoms with Crippen molar-refractivity contribution in [1.29, 1.82) is 0 Å². The van der Waals surface area contributed by atoms with Crippen molar-refractivity contribution < 1.29 is 24.2 Å². The van der Waals surface area contributed by atoms with Crippen LogP contribution in [0.5, 0.6) is 0 Å². The van der Waals surface area contributed by atoms with Crippen LogP contribution in [0.4, 0.5) is 9.59 Å². The number of hydrogen-bond donors (Lipinski definition) is 2. The van der Waals surface area contributed by atoms with Crippen LogP contribution in [0, 0.1) is 0 Å². The molecule has 0 radical (unpaired) electrons. The van der Waals surface area contributed by atoms with Crippen LogP contribution in [-0.4, -0.2) is 135 Å². The summed E-state index contributed by atoms with van der Waals surface area (Å²) in [6, 6.07) is 25.1. The van der Waals surface area contributed by atoms with Crippen molar-refractivity contribution in [2.75, 3.05) is 52.4 Å². The van der Waals surface area contributed by atoms with Gasteiger partial charge in [0.25, 0.3) is 0 Å². The molecule has 0 atom stereocenters. The molecular formula is C53H70N12O5. The summed E-state index contributed by atoms with van der Waals surface area (Å²) < 4.78 is 18.3. The largest absolute Gasteiger partial charge is 0.444 e. The molecule has 2 N–H and O–H groups in total. The van der Waals surface area contributed by atoms with Crippen molar-refractivity contribution in [3.8, 4) is 0 Å². The Balaban J connectivity index is 0.000000171. The molecule has 2 saturated heterocycles.